The van der Waals surface area contributed by atoms with Gasteiger partial charge in [-0.15, -0.1) is 0 Å². The predicted molar refractivity (Wildman–Crippen MR) is 247 cm³/mol. The standard InChI is InChI=1S/2C26H42O4.Ca/c2*1-2-3-4-5-6-7-8-9-10-11-12-13-14-15-16-19-22-30-26(29)24-21-18-17-20-23(24)25(27)28;/h2*17-18,20-21H,2-16,19,22H2,1H3,(H,27,28);/q;;+2/p-2. The van der Waals surface area contributed by atoms with Crippen molar-refractivity contribution in [3.63, 3.8) is 0 Å². The Morgan fingerprint density at radius 2 is 0.541 bits per heavy atom. The number of esters is 2. The summed E-state index contributed by atoms with van der Waals surface area (Å²) >= 11 is 0. The van der Waals surface area contributed by atoms with Crippen LogP contribution in [-0.2, 0) is 9.47 Å². The van der Waals surface area contributed by atoms with Crippen LogP contribution >= 0.6 is 0 Å². The first-order valence-corrected chi connectivity index (χ1v) is 24.3. The number of benzene rings is 2. The van der Waals surface area contributed by atoms with Gasteiger partial charge in [0.1, 0.15) is 0 Å². The van der Waals surface area contributed by atoms with Gasteiger partial charge in [-0.2, -0.15) is 0 Å². The largest absolute Gasteiger partial charge is 2.00 e. The maximum atomic E-state index is 12.0. The topological polar surface area (TPSA) is 133 Å². The molecule has 0 amide bonds. The number of aromatic carboxylic acids is 2. The van der Waals surface area contributed by atoms with E-state index >= 15 is 0 Å². The normalized spacial score (nSPS) is 10.7. The first-order chi connectivity index (χ1) is 29.3. The van der Waals surface area contributed by atoms with Gasteiger partial charge in [0, 0.05) is 11.1 Å². The van der Waals surface area contributed by atoms with Crippen LogP contribution in [0.15, 0.2) is 48.5 Å². The maximum absolute atomic E-state index is 12.0. The smallest absolute Gasteiger partial charge is 0.545 e. The first-order valence-electron chi connectivity index (χ1n) is 24.3. The molecule has 2 aromatic rings. The minimum atomic E-state index is -1.36. The molecule has 0 N–H and O–H groups in total. The van der Waals surface area contributed by atoms with E-state index in [2.05, 4.69) is 13.8 Å². The molecule has 0 radical (unpaired) electrons. The molecular weight excluding hydrogens is 793 g/mol. The summed E-state index contributed by atoms with van der Waals surface area (Å²) in [4.78, 5) is 46.1. The summed E-state index contributed by atoms with van der Waals surface area (Å²) in [5.41, 5.74) is -0.105. The second-order valence-electron chi connectivity index (χ2n) is 16.5. The second kappa shape index (κ2) is 42.9. The molecule has 2 rings (SSSR count). The molecule has 0 bridgehead atoms. The van der Waals surface area contributed by atoms with Crippen LogP contribution in [0.5, 0.6) is 0 Å². The Morgan fingerprint density at radius 1 is 0.344 bits per heavy atom. The Morgan fingerprint density at radius 3 is 0.754 bits per heavy atom. The zero-order valence-electron chi connectivity index (χ0n) is 38.6. The van der Waals surface area contributed by atoms with Gasteiger partial charge in [0.2, 0.25) is 0 Å². The number of rotatable bonds is 38. The predicted octanol–water partition coefficient (Wildman–Crippen LogP) is 12.6. The van der Waals surface area contributed by atoms with Crippen molar-refractivity contribution in [2.75, 3.05) is 13.2 Å². The van der Waals surface area contributed by atoms with Crippen molar-refractivity contribution in [3.05, 3.63) is 70.8 Å². The van der Waals surface area contributed by atoms with E-state index in [-0.39, 0.29) is 60.0 Å². The molecule has 0 spiro atoms. The van der Waals surface area contributed by atoms with Gasteiger partial charge in [0.15, 0.2) is 0 Å². The zero-order chi connectivity index (χ0) is 43.7. The Kier molecular flexibility index (Phi) is 41.2. The minimum Gasteiger partial charge on any atom is -0.545 e. The Labute approximate surface area is 401 Å². The van der Waals surface area contributed by atoms with Crippen molar-refractivity contribution >= 4 is 61.6 Å². The van der Waals surface area contributed by atoms with E-state index in [1.807, 2.05) is 0 Å². The van der Waals surface area contributed by atoms with E-state index in [1.165, 1.54) is 191 Å². The monoisotopic (exact) mass is 875 g/mol. The quantitative estimate of drug-likeness (QED) is 0.0370. The average molecular weight is 875 g/mol. The molecule has 2 aromatic carbocycles. The molecule has 0 aliphatic carbocycles. The second-order valence-corrected chi connectivity index (χ2v) is 16.5. The van der Waals surface area contributed by atoms with Crippen molar-refractivity contribution in [1.29, 1.82) is 0 Å². The average Bonchev–Trinajstić information content (AvgIpc) is 3.25. The summed E-state index contributed by atoms with van der Waals surface area (Å²) in [7, 11) is 0. The number of unbranched alkanes of at least 4 members (excludes halogenated alkanes) is 30. The molecular formula is C52H82CaO8. The summed E-state index contributed by atoms with van der Waals surface area (Å²) in [6, 6.07) is 12.0. The van der Waals surface area contributed by atoms with Gasteiger partial charge in [0.25, 0.3) is 0 Å². The number of carboxylic acid groups (broad SMARTS) is 2. The van der Waals surface area contributed by atoms with Crippen LogP contribution in [0.1, 0.15) is 261 Å². The van der Waals surface area contributed by atoms with Gasteiger partial charge in [-0.05, 0) is 25.0 Å². The third-order valence-electron chi connectivity index (χ3n) is 11.2. The van der Waals surface area contributed by atoms with Crippen molar-refractivity contribution < 1.29 is 38.9 Å². The van der Waals surface area contributed by atoms with Gasteiger partial charge in [-0.25, -0.2) is 9.59 Å². The van der Waals surface area contributed by atoms with Crippen LogP contribution in [0.25, 0.3) is 0 Å². The Balaban J connectivity index is 0.00000116. The van der Waals surface area contributed by atoms with Gasteiger partial charge < -0.3 is 29.3 Å². The van der Waals surface area contributed by atoms with Crippen molar-refractivity contribution in [3.8, 4) is 0 Å². The van der Waals surface area contributed by atoms with Gasteiger partial charge in [-0.3, -0.25) is 0 Å². The van der Waals surface area contributed by atoms with E-state index in [1.54, 1.807) is 24.3 Å². The van der Waals surface area contributed by atoms with E-state index in [4.69, 9.17) is 9.47 Å². The molecule has 0 aromatic heterocycles. The van der Waals surface area contributed by atoms with Crippen LogP contribution in [0.3, 0.4) is 0 Å². The molecule has 9 heteroatoms. The molecule has 0 aliphatic rings. The molecule has 0 saturated heterocycles. The molecule has 0 aliphatic heterocycles. The number of carboxylic acids is 2. The summed E-state index contributed by atoms with van der Waals surface area (Å²) in [6.07, 6.45) is 41.5. The zero-order valence-corrected chi connectivity index (χ0v) is 40.8. The van der Waals surface area contributed by atoms with Crippen LogP contribution in [0.2, 0.25) is 0 Å². The number of carbonyl (C=O) groups excluding carboxylic acids is 4. The molecule has 61 heavy (non-hydrogen) atoms. The summed E-state index contributed by atoms with van der Waals surface area (Å²) < 4.78 is 10.4. The number of hydrogen-bond donors (Lipinski definition) is 0. The summed E-state index contributed by atoms with van der Waals surface area (Å²) in [5, 5.41) is 22.1. The summed E-state index contributed by atoms with van der Waals surface area (Å²) in [5.74, 6) is -3.89. The van der Waals surface area contributed by atoms with Gasteiger partial charge >= 0.3 is 49.7 Å². The van der Waals surface area contributed by atoms with E-state index in [0.29, 0.717) is 13.2 Å². The molecule has 0 unspecified atom stereocenters. The van der Waals surface area contributed by atoms with Crippen LogP contribution in [-0.4, -0.2) is 74.8 Å². The van der Waals surface area contributed by atoms with E-state index < -0.39 is 23.9 Å². The fraction of sp³-hybridized carbons (Fsp3) is 0.692. The third kappa shape index (κ3) is 32.9. The molecule has 0 saturated carbocycles. The van der Waals surface area contributed by atoms with Crippen molar-refractivity contribution in [1.82, 2.24) is 0 Å². The van der Waals surface area contributed by atoms with Crippen molar-refractivity contribution in [2.45, 2.75) is 219 Å². The fourth-order valence-corrected chi connectivity index (χ4v) is 7.46. The minimum absolute atomic E-state index is 0. The van der Waals surface area contributed by atoms with Crippen LogP contribution in [0, 0.1) is 0 Å². The summed E-state index contributed by atoms with van der Waals surface area (Å²) in [6.45, 7) is 5.20. The number of carbonyl (C=O) groups is 4. The molecule has 0 heterocycles. The van der Waals surface area contributed by atoms with Gasteiger partial charge in [-0.1, -0.05) is 243 Å². The SMILES string of the molecule is CCCCCCCCCCCCCCCCCCOC(=O)c1ccccc1C(=O)[O-].CCCCCCCCCCCCCCCCCCOC(=O)c1ccccc1C(=O)[O-].[Ca+2]. The van der Waals surface area contributed by atoms with Gasteiger partial charge in [0.05, 0.1) is 36.3 Å². The molecule has 340 valence electrons. The Bertz CT molecular complexity index is 1280. The molecule has 0 atom stereocenters. The molecule has 8 nitrogen and oxygen atoms in total. The Hall–Kier alpha value is -2.42. The van der Waals surface area contributed by atoms with E-state index in [0.717, 1.165) is 38.5 Å². The van der Waals surface area contributed by atoms with Crippen LogP contribution in [0.4, 0.5) is 0 Å². The first kappa shape index (κ1) is 58.6. The number of ether oxygens (including phenoxy) is 2. The fourth-order valence-electron chi connectivity index (χ4n) is 7.46. The number of hydrogen-bond acceptors (Lipinski definition) is 8. The third-order valence-corrected chi connectivity index (χ3v) is 11.2. The van der Waals surface area contributed by atoms with Crippen molar-refractivity contribution in [2.24, 2.45) is 0 Å². The molecule has 0 fully saturated rings. The van der Waals surface area contributed by atoms with E-state index in [9.17, 15) is 29.4 Å². The van der Waals surface area contributed by atoms with Crippen LogP contribution < -0.4 is 10.2 Å². The maximum Gasteiger partial charge on any atom is 2.00 e.